The van der Waals surface area contributed by atoms with E-state index in [0.29, 0.717) is 16.7 Å². The van der Waals surface area contributed by atoms with Gasteiger partial charge < -0.3 is 19.7 Å². The van der Waals surface area contributed by atoms with E-state index in [2.05, 4.69) is 4.74 Å². The van der Waals surface area contributed by atoms with Gasteiger partial charge in [-0.3, -0.25) is 4.79 Å². The summed E-state index contributed by atoms with van der Waals surface area (Å²) in [5.41, 5.74) is 1.36. The Morgan fingerprint density at radius 3 is 2.27 bits per heavy atom. The van der Waals surface area contributed by atoms with Crippen LogP contribution < -0.4 is 9.47 Å². The molecule has 2 aromatic carbocycles. The van der Waals surface area contributed by atoms with E-state index in [1.807, 2.05) is 0 Å². The van der Waals surface area contributed by atoms with E-state index in [-0.39, 0.29) is 22.8 Å². The van der Waals surface area contributed by atoms with Crippen LogP contribution in [0.15, 0.2) is 36.4 Å². The highest BCUT2D eigenvalue weighted by Gasteiger charge is 2.30. The monoisotopic (exact) mass is 300 g/mol. The Morgan fingerprint density at radius 1 is 0.864 bits per heavy atom. The van der Waals surface area contributed by atoms with E-state index < -0.39 is 12.3 Å². The second-order valence-electron chi connectivity index (χ2n) is 4.45. The van der Waals surface area contributed by atoms with Crippen LogP contribution in [-0.2, 0) is 0 Å². The molecule has 0 aliphatic heterocycles. The van der Waals surface area contributed by atoms with Gasteiger partial charge in [-0.05, 0) is 29.8 Å². The summed E-state index contributed by atoms with van der Waals surface area (Å²) in [5.74, 6) is -0.297. The van der Waals surface area contributed by atoms with Crippen LogP contribution in [0.1, 0.15) is 15.9 Å². The molecule has 2 N–H and O–H groups in total. The number of carbonyl (C=O) groups excluding carboxylic acids is 1. The lowest BCUT2D eigenvalue weighted by Crippen LogP contribution is -2.04. The van der Waals surface area contributed by atoms with E-state index in [9.17, 15) is 14.4 Å². The molecule has 0 saturated carbocycles. The number of benzene rings is 2. The molecule has 0 aromatic heterocycles. The fourth-order valence-corrected chi connectivity index (χ4v) is 2.42. The molecule has 0 amide bonds. The number of ether oxygens (including phenoxy) is 2. The van der Waals surface area contributed by atoms with Crippen molar-refractivity contribution in [2.24, 2.45) is 0 Å². The van der Waals surface area contributed by atoms with E-state index in [0.717, 1.165) is 0 Å². The first kappa shape index (κ1) is 13.6. The third kappa shape index (κ3) is 2.14. The Morgan fingerprint density at radius 2 is 1.59 bits per heavy atom. The van der Waals surface area contributed by atoms with Crippen LogP contribution in [0.25, 0.3) is 11.1 Å². The highest BCUT2D eigenvalue weighted by atomic mass is 16.7. The normalized spacial score (nSPS) is 11.5. The van der Waals surface area contributed by atoms with Gasteiger partial charge >= 0.3 is 12.3 Å². The van der Waals surface area contributed by atoms with Crippen molar-refractivity contribution >= 4 is 18.1 Å². The molecule has 22 heavy (non-hydrogen) atoms. The molecule has 2 aromatic rings. The van der Waals surface area contributed by atoms with Crippen LogP contribution in [0.2, 0.25) is 0 Å². The molecule has 0 saturated heterocycles. The Bertz CT molecular complexity index is 823. The molecular weight excluding hydrogens is 292 g/mol. The first-order valence-electron chi connectivity index (χ1n) is 6.11. The second kappa shape index (κ2) is 4.88. The molecule has 0 spiro atoms. The zero-order chi connectivity index (χ0) is 15.9. The lowest BCUT2D eigenvalue weighted by atomic mass is 10.0. The second-order valence-corrected chi connectivity index (χ2v) is 4.45. The quantitative estimate of drug-likeness (QED) is 0.552. The van der Waals surface area contributed by atoms with Crippen molar-refractivity contribution in [3.8, 4) is 22.6 Å². The average molecular weight is 300 g/mol. The number of hydrogen-bond donors (Lipinski definition) is 2. The fourth-order valence-electron chi connectivity index (χ4n) is 2.42. The molecule has 110 valence electrons. The number of carboxylic acid groups (broad SMARTS) is 2. The van der Waals surface area contributed by atoms with Gasteiger partial charge in [0.25, 0.3) is 0 Å². The number of fused-ring (bicyclic) bond motifs is 3. The van der Waals surface area contributed by atoms with E-state index >= 15 is 0 Å². The van der Waals surface area contributed by atoms with Gasteiger partial charge in [0.1, 0.15) is 11.5 Å². The van der Waals surface area contributed by atoms with Crippen molar-refractivity contribution in [1.29, 1.82) is 0 Å². The minimum absolute atomic E-state index is 0.00751. The maximum atomic E-state index is 12.4. The zero-order valence-corrected chi connectivity index (χ0v) is 10.9. The van der Waals surface area contributed by atoms with Crippen molar-refractivity contribution in [2.75, 3.05) is 0 Å². The molecule has 7 nitrogen and oxygen atoms in total. The summed E-state index contributed by atoms with van der Waals surface area (Å²) in [6.45, 7) is 0. The van der Waals surface area contributed by atoms with Gasteiger partial charge in [0.05, 0.1) is 0 Å². The number of carbonyl (C=O) groups is 3. The minimum Gasteiger partial charge on any atom is -0.449 e. The van der Waals surface area contributed by atoms with E-state index in [4.69, 9.17) is 14.9 Å². The van der Waals surface area contributed by atoms with Crippen molar-refractivity contribution in [3.05, 3.63) is 47.5 Å². The fraction of sp³-hybridized carbons (Fsp3) is 0. The summed E-state index contributed by atoms with van der Waals surface area (Å²) in [4.78, 5) is 33.7. The predicted molar refractivity (Wildman–Crippen MR) is 72.6 cm³/mol. The lowest BCUT2D eigenvalue weighted by molar-refractivity contribution is 0.104. The molecule has 0 unspecified atom stereocenters. The third-order valence-electron chi connectivity index (χ3n) is 3.18. The Kier molecular flexibility index (Phi) is 3.03. The van der Waals surface area contributed by atoms with Gasteiger partial charge in [-0.25, -0.2) is 9.59 Å². The highest BCUT2D eigenvalue weighted by molar-refractivity contribution is 6.22. The molecule has 1 aliphatic carbocycles. The largest absolute Gasteiger partial charge is 0.511 e. The maximum Gasteiger partial charge on any atom is 0.511 e. The van der Waals surface area contributed by atoms with Crippen LogP contribution in [0.3, 0.4) is 0 Å². The standard InChI is InChI=1S/C15H8O7/c16-13-9-2-1-3-11(22-15(19)20)12(9)8-5-4-7(6-10(8)13)21-14(17)18/h1-6H,(H,17,18)(H,19,20). The number of hydrogen-bond acceptors (Lipinski definition) is 5. The van der Waals surface area contributed by atoms with E-state index in [1.165, 1.54) is 30.3 Å². The van der Waals surface area contributed by atoms with Gasteiger partial charge in [-0.15, -0.1) is 0 Å². The molecule has 0 bridgehead atoms. The van der Waals surface area contributed by atoms with Crippen LogP contribution >= 0.6 is 0 Å². The summed E-state index contributed by atoms with van der Waals surface area (Å²) < 4.78 is 9.22. The number of ketones is 1. The molecule has 0 heterocycles. The summed E-state index contributed by atoms with van der Waals surface area (Å²) >= 11 is 0. The first-order valence-corrected chi connectivity index (χ1v) is 6.11. The van der Waals surface area contributed by atoms with Crippen LogP contribution in [-0.4, -0.2) is 28.3 Å². The van der Waals surface area contributed by atoms with Crippen LogP contribution in [0.4, 0.5) is 9.59 Å². The summed E-state index contributed by atoms with van der Waals surface area (Å²) in [6.07, 6.45) is -2.97. The molecule has 7 heteroatoms. The van der Waals surface area contributed by atoms with Gasteiger partial charge in [0.2, 0.25) is 0 Å². The third-order valence-corrected chi connectivity index (χ3v) is 3.18. The van der Waals surface area contributed by atoms with Crippen LogP contribution in [0, 0.1) is 0 Å². The van der Waals surface area contributed by atoms with Gasteiger partial charge in [-0.1, -0.05) is 12.1 Å². The number of rotatable bonds is 2. The minimum atomic E-state index is -1.49. The summed E-state index contributed by atoms with van der Waals surface area (Å²) in [7, 11) is 0. The Balaban J connectivity index is 2.14. The van der Waals surface area contributed by atoms with Gasteiger partial charge in [0, 0.05) is 16.7 Å². The van der Waals surface area contributed by atoms with Crippen molar-refractivity contribution in [2.45, 2.75) is 0 Å². The highest BCUT2D eigenvalue weighted by Crippen LogP contribution is 2.43. The molecule has 0 atom stereocenters. The first-order chi connectivity index (χ1) is 10.5. The molecule has 1 aliphatic rings. The van der Waals surface area contributed by atoms with Crippen LogP contribution in [0.5, 0.6) is 11.5 Å². The van der Waals surface area contributed by atoms with Crippen molar-refractivity contribution < 1.29 is 34.1 Å². The Labute approximate surface area is 123 Å². The summed E-state index contributed by atoms with van der Waals surface area (Å²) in [5, 5.41) is 17.4. The average Bonchev–Trinajstić information content (AvgIpc) is 2.72. The molecule has 0 radical (unpaired) electrons. The molecular formula is C15H8O7. The zero-order valence-electron chi connectivity index (χ0n) is 10.9. The predicted octanol–water partition coefficient (Wildman–Crippen LogP) is 3.01. The maximum absolute atomic E-state index is 12.4. The lowest BCUT2D eigenvalue weighted by Gasteiger charge is -2.07. The van der Waals surface area contributed by atoms with Crippen molar-refractivity contribution in [1.82, 2.24) is 0 Å². The van der Waals surface area contributed by atoms with Gasteiger partial charge in [-0.2, -0.15) is 0 Å². The molecule has 3 rings (SSSR count). The smallest absolute Gasteiger partial charge is 0.449 e. The van der Waals surface area contributed by atoms with Gasteiger partial charge in [0.15, 0.2) is 5.78 Å². The van der Waals surface area contributed by atoms with E-state index in [1.54, 1.807) is 6.07 Å². The Hall–Kier alpha value is -3.35. The molecule has 0 fully saturated rings. The topological polar surface area (TPSA) is 110 Å². The SMILES string of the molecule is O=C(O)Oc1ccc2c(c1)C(=O)c1cccc(OC(=O)O)c1-2. The summed E-state index contributed by atoms with van der Waals surface area (Å²) in [6, 6.07) is 8.67. The van der Waals surface area contributed by atoms with Crippen molar-refractivity contribution in [3.63, 3.8) is 0 Å².